The number of hydrogen-bond acceptors (Lipinski definition) is 12. The number of rotatable bonds is 24. The minimum Gasteiger partial charge on any atom is -0.494 e. The minimum atomic E-state index is -1.09. The van der Waals surface area contributed by atoms with Crippen LogP contribution in [-0.2, 0) is 4.74 Å². The fraction of sp³-hybridized carbons (Fsp3) is 0.207. The lowest BCUT2D eigenvalue weighted by molar-refractivity contribution is 0.0399. The van der Waals surface area contributed by atoms with E-state index in [4.69, 9.17) is 28.1 Å². The zero-order chi connectivity index (χ0) is 50.4. The smallest absolute Gasteiger partial charge is 0.347 e. The van der Waals surface area contributed by atoms with Crippen LogP contribution in [0.15, 0.2) is 147 Å². The lowest BCUT2D eigenvalue weighted by Gasteiger charge is -2.13. The quantitative estimate of drug-likeness (QED) is 0.0185. The first kappa shape index (κ1) is 49.9. The Morgan fingerprint density at radius 1 is 0.417 bits per heavy atom. The van der Waals surface area contributed by atoms with Crippen LogP contribution in [0.25, 0.3) is 33.7 Å². The molecule has 1 aliphatic heterocycles. The van der Waals surface area contributed by atoms with Gasteiger partial charge in [-0.3, -0.25) is 9.59 Å². The summed E-state index contributed by atoms with van der Waals surface area (Å²) in [6, 6.07) is 31.0. The van der Waals surface area contributed by atoms with E-state index in [0.717, 1.165) is 49.7 Å². The molecule has 0 saturated carbocycles. The van der Waals surface area contributed by atoms with E-state index in [0.29, 0.717) is 48.7 Å². The average molecular weight is 975 g/mol. The molecule has 8 rings (SSSR count). The van der Waals surface area contributed by atoms with E-state index < -0.39 is 34.8 Å². The van der Waals surface area contributed by atoms with Crippen LogP contribution >= 0.6 is 0 Å². The third kappa shape index (κ3) is 12.6. The second-order valence-corrected chi connectivity index (χ2v) is 16.8. The number of ether oxygens (including phenoxy) is 5. The highest BCUT2D eigenvalue weighted by atomic mass is 19.1. The van der Waals surface area contributed by atoms with Crippen molar-refractivity contribution in [3.63, 3.8) is 0 Å². The van der Waals surface area contributed by atoms with E-state index in [1.165, 1.54) is 84.9 Å². The van der Waals surface area contributed by atoms with E-state index in [1.54, 1.807) is 12.2 Å². The predicted molar refractivity (Wildman–Crippen MR) is 267 cm³/mol. The standard InChI is InChI=1S/C58H48F2O12/c59-41-19-15-39(16-20-41)47(61)29-13-37-9-23-43(24-10-37)67-33-5-1-3-7-35-69-49-31-27-45-51-53(49)54-50(32-28-46(56(64)71-55(45)63)52(54)58(66)72-57(51)65)70-36-8-4-2-6-34-68-44-25-11-38(12-26-44)14-30-48(62)40-17-21-42(60)22-18-40/h9-32H,1-8,33-36H2. The van der Waals surface area contributed by atoms with E-state index in [2.05, 4.69) is 0 Å². The molecule has 0 radical (unpaired) electrons. The molecule has 2 heterocycles. The lowest BCUT2D eigenvalue weighted by Crippen LogP contribution is -2.18. The van der Waals surface area contributed by atoms with E-state index in [-0.39, 0.29) is 69.0 Å². The number of halogens is 2. The number of esters is 2. The molecule has 0 fully saturated rings. The molecule has 72 heavy (non-hydrogen) atoms. The van der Waals surface area contributed by atoms with Crippen LogP contribution in [0.2, 0.25) is 0 Å². The highest BCUT2D eigenvalue weighted by Gasteiger charge is 2.30. The summed E-state index contributed by atoms with van der Waals surface area (Å²) in [6.07, 6.45) is 12.2. The Labute approximate surface area is 412 Å². The molecular weight excluding hydrogens is 927 g/mol. The molecule has 1 aromatic heterocycles. The van der Waals surface area contributed by atoms with Crippen molar-refractivity contribution in [1.82, 2.24) is 0 Å². The normalized spacial score (nSPS) is 12.1. The third-order valence-corrected chi connectivity index (χ3v) is 11.8. The summed E-state index contributed by atoms with van der Waals surface area (Å²) in [4.78, 5) is 78.5. The van der Waals surface area contributed by atoms with Crippen molar-refractivity contribution in [2.45, 2.75) is 51.4 Å². The number of hydrogen-bond donors (Lipinski definition) is 0. The van der Waals surface area contributed by atoms with Gasteiger partial charge in [0.05, 0.1) is 48.3 Å². The number of cyclic esters (lactones) is 2. The fourth-order valence-corrected chi connectivity index (χ4v) is 8.02. The van der Waals surface area contributed by atoms with Crippen LogP contribution in [0.3, 0.4) is 0 Å². The van der Waals surface area contributed by atoms with Crippen LogP contribution in [0.4, 0.5) is 8.78 Å². The van der Waals surface area contributed by atoms with Crippen LogP contribution in [-0.4, -0.2) is 49.9 Å². The Balaban J connectivity index is 0.835. The van der Waals surface area contributed by atoms with Crippen molar-refractivity contribution in [3.05, 3.63) is 199 Å². The largest absolute Gasteiger partial charge is 0.494 e. The number of ketones is 2. The molecule has 14 heteroatoms. The molecule has 0 N–H and O–H groups in total. The highest BCUT2D eigenvalue weighted by Crippen LogP contribution is 2.39. The molecule has 0 amide bonds. The molecule has 12 nitrogen and oxygen atoms in total. The molecule has 0 atom stereocenters. The summed E-state index contributed by atoms with van der Waals surface area (Å²) in [7, 11) is 0. The van der Waals surface area contributed by atoms with Gasteiger partial charge in [-0.25, -0.2) is 28.0 Å². The first-order chi connectivity index (χ1) is 35.0. The van der Waals surface area contributed by atoms with Gasteiger partial charge in [-0.15, -0.1) is 0 Å². The Kier molecular flexibility index (Phi) is 16.5. The molecule has 0 unspecified atom stereocenters. The molecule has 0 spiro atoms. The molecule has 6 aromatic carbocycles. The molecule has 7 aromatic rings. The molecule has 0 saturated heterocycles. The van der Waals surface area contributed by atoms with E-state index >= 15 is 0 Å². The van der Waals surface area contributed by atoms with Crippen LogP contribution < -0.4 is 30.2 Å². The summed E-state index contributed by atoms with van der Waals surface area (Å²) in [5.74, 6) is -1.70. The SMILES string of the molecule is O=C(C=Cc1ccc(OCCCCCCOc2ccc3c4c(=O)oc(=O)c5c(ccc(OCCCCCCOc6ccc(C=CC(=O)c7ccc(F)cc7)cc6)c5c24)C(=O)OC3=O)cc1)c1ccc(F)cc1. The maximum absolute atomic E-state index is 13.6. The van der Waals surface area contributed by atoms with Gasteiger partial charge in [0.15, 0.2) is 11.6 Å². The number of carbonyl (C=O) groups is 4. The summed E-state index contributed by atoms with van der Waals surface area (Å²) < 4.78 is 61.0. The maximum Gasteiger partial charge on any atom is 0.347 e. The van der Waals surface area contributed by atoms with Crippen molar-refractivity contribution in [2.75, 3.05) is 26.4 Å². The second-order valence-electron chi connectivity index (χ2n) is 16.8. The second kappa shape index (κ2) is 23.9. The van der Waals surface area contributed by atoms with Gasteiger partial charge in [-0.2, -0.15) is 0 Å². The molecule has 0 aliphatic carbocycles. The number of carbonyl (C=O) groups excluding carboxylic acids is 4. The summed E-state index contributed by atoms with van der Waals surface area (Å²) >= 11 is 0. The predicted octanol–water partition coefficient (Wildman–Crippen LogP) is 11.7. The number of allylic oxidation sites excluding steroid dienone is 2. The van der Waals surface area contributed by atoms with Crippen LogP contribution in [0.1, 0.15) is 104 Å². The highest BCUT2D eigenvalue weighted by molar-refractivity contribution is 6.23. The summed E-state index contributed by atoms with van der Waals surface area (Å²) in [6.45, 7) is 1.38. The average Bonchev–Trinajstić information content (AvgIpc) is 3.49. The van der Waals surface area contributed by atoms with Crippen LogP contribution in [0, 0.1) is 11.6 Å². The Bertz CT molecular complexity index is 3070. The van der Waals surface area contributed by atoms with Gasteiger partial charge in [0.25, 0.3) is 0 Å². The first-order valence-corrected chi connectivity index (χ1v) is 23.6. The lowest BCUT2D eigenvalue weighted by atomic mass is 9.99. The van der Waals surface area contributed by atoms with Crippen molar-refractivity contribution < 1.29 is 56.1 Å². The summed E-state index contributed by atoms with van der Waals surface area (Å²) in [5.41, 5.74) is -0.316. The maximum atomic E-state index is 13.6. The Hall–Kier alpha value is -8.52. The number of unbranched alkanes of at least 4 members (excludes halogenated alkanes) is 6. The van der Waals surface area contributed by atoms with E-state index in [1.807, 2.05) is 48.5 Å². The first-order valence-electron chi connectivity index (χ1n) is 23.6. The van der Waals surface area contributed by atoms with Gasteiger partial charge < -0.3 is 28.1 Å². The molecule has 366 valence electrons. The zero-order valence-electron chi connectivity index (χ0n) is 39.0. The fourth-order valence-electron chi connectivity index (χ4n) is 8.02. The molecule has 6 bridgehead atoms. The molecule has 1 aliphatic rings. The number of benzene rings is 6. The van der Waals surface area contributed by atoms with Crippen molar-refractivity contribution in [3.8, 4) is 23.0 Å². The van der Waals surface area contributed by atoms with Gasteiger partial charge in [0.2, 0.25) is 0 Å². The third-order valence-electron chi connectivity index (χ3n) is 11.8. The van der Waals surface area contributed by atoms with Crippen molar-refractivity contribution in [2.24, 2.45) is 0 Å². The van der Waals surface area contributed by atoms with Gasteiger partial charge in [-0.05, 0) is 172 Å². The zero-order valence-corrected chi connectivity index (χ0v) is 39.0. The molecular formula is C58H48F2O12. The van der Waals surface area contributed by atoms with Gasteiger partial charge in [0.1, 0.15) is 34.6 Å². The van der Waals surface area contributed by atoms with Crippen molar-refractivity contribution >= 4 is 57.2 Å². The van der Waals surface area contributed by atoms with Crippen molar-refractivity contribution in [1.29, 1.82) is 0 Å². The van der Waals surface area contributed by atoms with Gasteiger partial charge in [0, 0.05) is 21.9 Å². The monoisotopic (exact) mass is 974 g/mol. The van der Waals surface area contributed by atoms with Gasteiger partial charge in [-0.1, -0.05) is 36.4 Å². The Morgan fingerprint density at radius 2 is 0.778 bits per heavy atom. The van der Waals surface area contributed by atoms with E-state index in [9.17, 15) is 37.5 Å². The van der Waals surface area contributed by atoms with Gasteiger partial charge >= 0.3 is 23.2 Å². The van der Waals surface area contributed by atoms with Crippen LogP contribution in [0.5, 0.6) is 23.0 Å². The summed E-state index contributed by atoms with van der Waals surface area (Å²) in [5, 5.41) is -0.361. The minimum absolute atomic E-state index is 0.0935. The topological polar surface area (TPSA) is 162 Å². The Morgan fingerprint density at radius 3 is 1.15 bits per heavy atom.